The topological polar surface area (TPSA) is 32.3 Å². The van der Waals surface area contributed by atoms with Gasteiger partial charge < -0.3 is 10.2 Å². The highest BCUT2D eigenvalue weighted by molar-refractivity contribution is 6.30. The van der Waals surface area contributed by atoms with Gasteiger partial charge in [0, 0.05) is 30.6 Å². The first-order valence-corrected chi connectivity index (χ1v) is 7.17. The minimum absolute atomic E-state index is 0.161. The molecule has 0 spiro atoms. The van der Waals surface area contributed by atoms with Gasteiger partial charge >= 0.3 is 0 Å². The van der Waals surface area contributed by atoms with Crippen molar-refractivity contribution in [3.63, 3.8) is 0 Å². The van der Waals surface area contributed by atoms with Crippen LogP contribution in [0.1, 0.15) is 25.3 Å². The highest BCUT2D eigenvalue weighted by atomic mass is 35.5. The van der Waals surface area contributed by atoms with Crippen molar-refractivity contribution in [1.82, 2.24) is 10.2 Å². The average Bonchev–Trinajstić information content (AvgIpc) is 2.40. The number of rotatable bonds is 3. The molecule has 1 aliphatic heterocycles. The lowest BCUT2D eigenvalue weighted by Crippen LogP contribution is -2.42. The van der Waals surface area contributed by atoms with E-state index in [1.165, 1.54) is 0 Å². The lowest BCUT2D eigenvalue weighted by Gasteiger charge is -2.30. The molecule has 1 aromatic rings. The van der Waals surface area contributed by atoms with E-state index in [1.807, 2.05) is 36.2 Å². The summed E-state index contributed by atoms with van der Waals surface area (Å²) in [5.41, 5.74) is 1.11. The molecule has 1 aromatic carbocycles. The van der Waals surface area contributed by atoms with Crippen molar-refractivity contribution in [2.24, 2.45) is 5.92 Å². The third-order valence-corrected chi connectivity index (χ3v) is 3.93. The van der Waals surface area contributed by atoms with Crippen LogP contribution in [0.5, 0.6) is 0 Å². The van der Waals surface area contributed by atoms with Crippen LogP contribution in [-0.2, 0) is 11.3 Å². The molecule has 2 atom stereocenters. The third-order valence-electron chi connectivity index (χ3n) is 3.68. The fourth-order valence-electron chi connectivity index (χ4n) is 2.61. The molecule has 104 valence electrons. The minimum atomic E-state index is 0.161. The fourth-order valence-corrected chi connectivity index (χ4v) is 2.74. The number of carbonyl (C=O) groups is 1. The number of piperidine rings is 1. The van der Waals surface area contributed by atoms with E-state index in [4.69, 9.17) is 11.6 Å². The molecule has 0 aromatic heterocycles. The lowest BCUT2D eigenvalue weighted by atomic mass is 9.92. The number of nitrogens with one attached hydrogen (secondary N) is 1. The monoisotopic (exact) mass is 280 g/mol. The van der Waals surface area contributed by atoms with E-state index < -0.39 is 0 Å². The molecular formula is C15H21ClN2O. The van der Waals surface area contributed by atoms with Crippen molar-refractivity contribution >= 4 is 17.5 Å². The molecule has 19 heavy (non-hydrogen) atoms. The van der Waals surface area contributed by atoms with Gasteiger partial charge in [-0.25, -0.2) is 0 Å². The number of carbonyl (C=O) groups excluding carboxylic acids is 1. The van der Waals surface area contributed by atoms with Crippen LogP contribution in [0.3, 0.4) is 0 Å². The highest BCUT2D eigenvalue weighted by Gasteiger charge is 2.26. The van der Waals surface area contributed by atoms with Crippen LogP contribution in [0.15, 0.2) is 24.3 Å². The Morgan fingerprint density at radius 2 is 2.11 bits per heavy atom. The van der Waals surface area contributed by atoms with Crippen molar-refractivity contribution in [2.75, 3.05) is 13.6 Å². The summed E-state index contributed by atoms with van der Waals surface area (Å²) < 4.78 is 0. The van der Waals surface area contributed by atoms with Gasteiger partial charge in [0.15, 0.2) is 0 Å². The summed E-state index contributed by atoms with van der Waals surface area (Å²) in [6.45, 7) is 3.72. The standard InChI is InChI=1S/C15H21ClN2O/c1-11-9-13(7-8-17-11)15(19)18(2)10-12-3-5-14(16)6-4-12/h3-6,11,13,17H,7-10H2,1-2H3. The Morgan fingerprint density at radius 1 is 1.42 bits per heavy atom. The second-order valence-electron chi connectivity index (χ2n) is 5.40. The predicted octanol–water partition coefficient (Wildman–Crippen LogP) is 2.69. The summed E-state index contributed by atoms with van der Waals surface area (Å²) in [6, 6.07) is 8.10. The summed E-state index contributed by atoms with van der Waals surface area (Å²) in [5.74, 6) is 0.414. The number of benzene rings is 1. The van der Waals surface area contributed by atoms with Crippen LogP contribution < -0.4 is 5.32 Å². The Balaban J connectivity index is 1.93. The van der Waals surface area contributed by atoms with Gasteiger partial charge in [0.2, 0.25) is 5.91 Å². The third kappa shape index (κ3) is 3.95. The Morgan fingerprint density at radius 3 is 2.74 bits per heavy atom. The van der Waals surface area contributed by atoms with Crippen molar-refractivity contribution in [3.8, 4) is 0 Å². The molecule has 0 radical (unpaired) electrons. The zero-order valence-electron chi connectivity index (χ0n) is 11.5. The first-order valence-electron chi connectivity index (χ1n) is 6.79. The summed E-state index contributed by atoms with van der Waals surface area (Å²) in [5, 5.41) is 4.10. The number of amides is 1. The Kier molecular flexibility index (Phi) is 4.83. The molecular weight excluding hydrogens is 260 g/mol. The average molecular weight is 281 g/mol. The number of hydrogen-bond donors (Lipinski definition) is 1. The van der Waals surface area contributed by atoms with Crippen LogP contribution in [0, 0.1) is 5.92 Å². The van der Waals surface area contributed by atoms with E-state index in [0.717, 1.165) is 30.0 Å². The van der Waals surface area contributed by atoms with Gasteiger partial charge in [0.25, 0.3) is 0 Å². The van der Waals surface area contributed by atoms with Gasteiger partial charge in [-0.15, -0.1) is 0 Å². The molecule has 1 amide bonds. The van der Waals surface area contributed by atoms with Crippen LogP contribution >= 0.6 is 11.6 Å². The van der Waals surface area contributed by atoms with Gasteiger partial charge in [0.05, 0.1) is 0 Å². The predicted molar refractivity (Wildman–Crippen MR) is 78.1 cm³/mol. The molecule has 0 bridgehead atoms. The van der Waals surface area contributed by atoms with E-state index in [2.05, 4.69) is 12.2 Å². The van der Waals surface area contributed by atoms with E-state index in [-0.39, 0.29) is 11.8 Å². The molecule has 2 unspecified atom stereocenters. The Labute approximate surface area is 119 Å². The molecule has 2 rings (SSSR count). The summed E-state index contributed by atoms with van der Waals surface area (Å²) in [6.07, 6.45) is 1.87. The first-order chi connectivity index (χ1) is 9.06. The summed E-state index contributed by atoms with van der Waals surface area (Å²) >= 11 is 5.86. The van der Waals surface area contributed by atoms with Gasteiger partial charge in [-0.1, -0.05) is 23.7 Å². The van der Waals surface area contributed by atoms with Gasteiger partial charge in [-0.05, 0) is 44.0 Å². The van der Waals surface area contributed by atoms with Crippen LogP contribution in [0.2, 0.25) is 5.02 Å². The smallest absolute Gasteiger partial charge is 0.225 e. The highest BCUT2D eigenvalue weighted by Crippen LogP contribution is 2.19. The maximum Gasteiger partial charge on any atom is 0.225 e. The SMILES string of the molecule is CC1CC(C(=O)N(C)Cc2ccc(Cl)cc2)CCN1. The quantitative estimate of drug-likeness (QED) is 0.923. The Hall–Kier alpha value is -1.06. The minimum Gasteiger partial charge on any atom is -0.341 e. The lowest BCUT2D eigenvalue weighted by molar-refractivity contribution is -0.135. The molecule has 0 aliphatic carbocycles. The number of hydrogen-bond acceptors (Lipinski definition) is 2. The molecule has 1 saturated heterocycles. The van der Waals surface area contributed by atoms with E-state index in [1.54, 1.807) is 0 Å². The second-order valence-corrected chi connectivity index (χ2v) is 5.83. The largest absolute Gasteiger partial charge is 0.341 e. The van der Waals surface area contributed by atoms with Gasteiger partial charge in [-0.3, -0.25) is 4.79 Å². The van der Waals surface area contributed by atoms with Gasteiger partial charge in [-0.2, -0.15) is 0 Å². The van der Waals surface area contributed by atoms with Crippen molar-refractivity contribution in [1.29, 1.82) is 0 Å². The maximum absolute atomic E-state index is 12.4. The van der Waals surface area contributed by atoms with Crippen LogP contribution in [0.25, 0.3) is 0 Å². The van der Waals surface area contributed by atoms with Crippen LogP contribution in [-0.4, -0.2) is 30.4 Å². The van der Waals surface area contributed by atoms with Crippen LogP contribution in [0.4, 0.5) is 0 Å². The van der Waals surface area contributed by atoms with E-state index in [0.29, 0.717) is 12.6 Å². The fraction of sp³-hybridized carbons (Fsp3) is 0.533. The zero-order chi connectivity index (χ0) is 13.8. The number of halogens is 1. The van der Waals surface area contributed by atoms with E-state index in [9.17, 15) is 4.79 Å². The van der Waals surface area contributed by atoms with E-state index >= 15 is 0 Å². The van der Waals surface area contributed by atoms with Crippen molar-refractivity contribution in [2.45, 2.75) is 32.4 Å². The number of nitrogens with zero attached hydrogens (tertiary/aromatic N) is 1. The summed E-state index contributed by atoms with van der Waals surface area (Å²) in [7, 11) is 1.88. The van der Waals surface area contributed by atoms with Crippen molar-refractivity contribution < 1.29 is 4.79 Å². The first kappa shape index (κ1) is 14.4. The second kappa shape index (κ2) is 6.40. The normalized spacial score (nSPS) is 23.1. The van der Waals surface area contributed by atoms with Crippen molar-refractivity contribution in [3.05, 3.63) is 34.9 Å². The molecule has 3 nitrogen and oxygen atoms in total. The molecule has 1 aliphatic rings. The maximum atomic E-state index is 12.4. The molecule has 4 heteroatoms. The van der Waals surface area contributed by atoms with Gasteiger partial charge in [0.1, 0.15) is 0 Å². The molecule has 1 N–H and O–H groups in total. The Bertz CT molecular complexity index is 432. The summed E-state index contributed by atoms with van der Waals surface area (Å²) in [4.78, 5) is 14.2. The molecule has 1 fully saturated rings. The molecule has 1 heterocycles. The molecule has 0 saturated carbocycles. The zero-order valence-corrected chi connectivity index (χ0v) is 12.3.